The molecule has 1 aliphatic rings. The van der Waals surface area contributed by atoms with E-state index in [-0.39, 0.29) is 5.41 Å². The summed E-state index contributed by atoms with van der Waals surface area (Å²) in [5.74, 6) is 1.20. The molecule has 2 heterocycles. The number of pyridine rings is 1. The molecule has 4 nitrogen and oxygen atoms in total. The van der Waals surface area contributed by atoms with E-state index in [2.05, 4.69) is 34.0 Å². The molecular weight excluding hydrogens is 248 g/mol. The molecule has 0 bridgehead atoms. The lowest BCUT2D eigenvalue weighted by Crippen LogP contribution is -2.25. The smallest absolute Gasteiger partial charge is 0.295 e. The van der Waals surface area contributed by atoms with Crippen LogP contribution in [0.15, 0.2) is 30.6 Å². The molecule has 0 radical (unpaired) electrons. The van der Waals surface area contributed by atoms with Crippen molar-refractivity contribution in [1.29, 1.82) is 0 Å². The first-order valence-electron chi connectivity index (χ1n) is 7.11. The van der Waals surface area contributed by atoms with Crippen LogP contribution in [0.5, 0.6) is 0 Å². The van der Waals surface area contributed by atoms with E-state index in [1.807, 2.05) is 6.20 Å². The van der Waals surface area contributed by atoms with Crippen molar-refractivity contribution in [2.24, 2.45) is 0 Å². The Balaban J connectivity index is 1.95. The van der Waals surface area contributed by atoms with Crippen molar-refractivity contribution < 1.29 is 0 Å². The summed E-state index contributed by atoms with van der Waals surface area (Å²) in [6.45, 7) is 9.33. The van der Waals surface area contributed by atoms with Crippen LogP contribution in [-0.4, -0.2) is 14.8 Å². The van der Waals surface area contributed by atoms with Gasteiger partial charge in [0.1, 0.15) is 0 Å². The van der Waals surface area contributed by atoms with Gasteiger partial charge in [-0.1, -0.05) is 32.8 Å². The number of hydrogen-bond acceptors (Lipinski definition) is 2. The van der Waals surface area contributed by atoms with E-state index in [1.54, 1.807) is 16.9 Å². The number of rotatable bonds is 2. The predicted molar refractivity (Wildman–Crippen MR) is 78.1 cm³/mol. The van der Waals surface area contributed by atoms with Gasteiger partial charge in [-0.05, 0) is 47.1 Å². The molecule has 0 aliphatic heterocycles. The van der Waals surface area contributed by atoms with E-state index < -0.39 is 0 Å². The quantitative estimate of drug-likeness (QED) is 0.769. The Morgan fingerprint density at radius 1 is 1.25 bits per heavy atom. The van der Waals surface area contributed by atoms with Crippen LogP contribution in [0.1, 0.15) is 44.6 Å². The van der Waals surface area contributed by atoms with Crippen molar-refractivity contribution >= 4 is 5.82 Å². The Morgan fingerprint density at radius 2 is 2.05 bits per heavy atom. The summed E-state index contributed by atoms with van der Waals surface area (Å²) < 4.78 is 1.68. The summed E-state index contributed by atoms with van der Waals surface area (Å²) in [4.78, 5) is 7.71. The van der Waals surface area contributed by atoms with E-state index in [9.17, 15) is 0 Å². The minimum absolute atomic E-state index is 0.256. The van der Waals surface area contributed by atoms with Crippen LogP contribution in [0, 0.1) is 6.57 Å². The lowest BCUT2D eigenvalue weighted by atomic mass is 9.71. The van der Waals surface area contributed by atoms with Gasteiger partial charge in [-0.3, -0.25) is 0 Å². The van der Waals surface area contributed by atoms with Crippen molar-refractivity contribution in [2.75, 3.05) is 0 Å². The van der Waals surface area contributed by atoms with E-state index in [1.165, 1.54) is 37.7 Å². The highest BCUT2D eigenvalue weighted by Crippen LogP contribution is 2.39. The zero-order valence-electron chi connectivity index (χ0n) is 11.7. The molecule has 4 heteroatoms. The molecule has 0 atom stereocenters. The lowest BCUT2D eigenvalue weighted by molar-refractivity contribution is 0.319. The maximum atomic E-state index is 6.98. The van der Waals surface area contributed by atoms with Crippen molar-refractivity contribution in [3.05, 3.63) is 47.6 Å². The highest BCUT2D eigenvalue weighted by molar-refractivity contribution is 5.38. The van der Waals surface area contributed by atoms with Crippen LogP contribution in [0.2, 0.25) is 0 Å². The van der Waals surface area contributed by atoms with Gasteiger partial charge in [0, 0.05) is 12.4 Å². The molecule has 2 aromatic rings. The summed E-state index contributed by atoms with van der Waals surface area (Å²) in [7, 11) is 0. The minimum atomic E-state index is 0.256. The zero-order valence-corrected chi connectivity index (χ0v) is 11.7. The summed E-state index contributed by atoms with van der Waals surface area (Å²) in [6, 6.07) is 5.95. The molecule has 102 valence electrons. The zero-order chi connectivity index (χ0) is 14.0. The van der Waals surface area contributed by atoms with Crippen molar-refractivity contribution in [3.8, 4) is 5.82 Å². The van der Waals surface area contributed by atoms with Gasteiger partial charge in [0.05, 0.1) is 0 Å². The molecule has 0 amide bonds. The monoisotopic (exact) mass is 266 g/mol. The normalized spacial score (nSPS) is 17.6. The average Bonchev–Trinajstić information content (AvgIpc) is 2.97. The van der Waals surface area contributed by atoms with Gasteiger partial charge in [-0.2, -0.15) is 0 Å². The Hall–Kier alpha value is -2.15. The molecule has 20 heavy (non-hydrogen) atoms. The van der Waals surface area contributed by atoms with Gasteiger partial charge in [0.2, 0.25) is 0 Å². The second kappa shape index (κ2) is 5.09. The van der Waals surface area contributed by atoms with Crippen molar-refractivity contribution in [1.82, 2.24) is 14.8 Å². The summed E-state index contributed by atoms with van der Waals surface area (Å²) >= 11 is 0. The topological polar surface area (TPSA) is 35.1 Å². The SMILES string of the molecule is [C-]#[N+]c1ccn(-c2cc(C3(C)CCCCC3)ccn2)n1. The average molecular weight is 266 g/mol. The molecule has 1 fully saturated rings. The Bertz CT molecular complexity index is 644. The van der Waals surface area contributed by atoms with E-state index in [0.717, 1.165) is 5.82 Å². The summed E-state index contributed by atoms with van der Waals surface area (Å²) in [5.41, 5.74) is 1.59. The fraction of sp³-hybridized carbons (Fsp3) is 0.438. The van der Waals surface area contributed by atoms with Gasteiger partial charge >= 0.3 is 0 Å². The fourth-order valence-corrected chi connectivity index (χ4v) is 3.04. The first-order chi connectivity index (χ1) is 9.71. The predicted octanol–water partition coefficient (Wildman–Crippen LogP) is 4.04. The number of hydrogen-bond donors (Lipinski definition) is 0. The molecule has 0 saturated heterocycles. The molecule has 0 spiro atoms. The number of aromatic nitrogens is 3. The standard InChI is InChI=1S/C16H18N4/c1-16(8-4-3-5-9-16)13-6-10-18-15(12-13)20-11-7-14(17-2)19-20/h6-7,10-12H,3-5,8-9H2,1H3. The van der Waals surface area contributed by atoms with Crippen LogP contribution in [-0.2, 0) is 5.41 Å². The van der Waals surface area contributed by atoms with Gasteiger partial charge in [-0.15, -0.1) is 4.68 Å². The fourth-order valence-electron chi connectivity index (χ4n) is 3.04. The van der Waals surface area contributed by atoms with Crippen molar-refractivity contribution in [3.63, 3.8) is 0 Å². The highest BCUT2D eigenvalue weighted by atomic mass is 15.3. The van der Waals surface area contributed by atoms with Crippen LogP contribution in [0.4, 0.5) is 5.82 Å². The molecule has 1 saturated carbocycles. The van der Waals surface area contributed by atoms with Crippen LogP contribution < -0.4 is 0 Å². The van der Waals surface area contributed by atoms with Gasteiger partial charge in [0.15, 0.2) is 5.82 Å². The number of nitrogens with zero attached hydrogens (tertiary/aromatic N) is 4. The van der Waals surface area contributed by atoms with Gasteiger partial charge < -0.3 is 4.85 Å². The second-order valence-electron chi connectivity index (χ2n) is 5.75. The van der Waals surface area contributed by atoms with E-state index >= 15 is 0 Å². The second-order valence-corrected chi connectivity index (χ2v) is 5.75. The largest absolute Gasteiger partial charge is 0.359 e. The summed E-state index contributed by atoms with van der Waals surface area (Å²) in [5, 5.41) is 4.21. The third-order valence-electron chi connectivity index (χ3n) is 4.32. The van der Waals surface area contributed by atoms with E-state index in [4.69, 9.17) is 6.57 Å². The molecular formula is C16H18N4. The van der Waals surface area contributed by atoms with Crippen LogP contribution in [0.25, 0.3) is 10.7 Å². The molecule has 0 unspecified atom stereocenters. The first kappa shape index (κ1) is 12.9. The molecule has 2 aromatic heterocycles. The molecule has 0 N–H and O–H groups in total. The Labute approximate surface area is 119 Å². The van der Waals surface area contributed by atoms with E-state index in [0.29, 0.717) is 5.82 Å². The summed E-state index contributed by atoms with van der Waals surface area (Å²) in [6.07, 6.45) is 10.1. The maximum absolute atomic E-state index is 6.98. The lowest BCUT2D eigenvalue weighted by Gasteiger charge is -2.34. The van der Waals surface area contributed by atoms with Crippen LogP contribution in [0.3, 0.4) is 0 Å². The minimum Gasteiger partial charge on any atom is -0.359 e. The van der Waals surface area contributed by atoms with Gasteiger partial charge in [0.25, 0.3) is 5.82 Å². The third-order valence-corrected chi connectivity index (χ3v) is 4.32. The maximum Gasteiger partial charge on any atom is 0.295 e. The van der Waals surface area contributed by atoms with Gasteiger partial charge in [-0.25, -0.2) is 4.98 Å². The first-order valence-corrected chi connectivity index (χ1v) is 7.11. The Morgan fingerprint density at radius 3 is 2.75 bits per heavy atom. The highest BCUT2D eigenvalue weighted by Gasteiger charge is 2.29. The third kappa shape index (κ3) is 2.32. The molecule has 0 aromatic carbocycles. The Kier molecular flexibility index (Phi) is 3.27. The van der Waals surface area contributed by atoms with Crippen LogP contribution >= 0.6 is 0 Å². The van der Waals surface area contributed by atoms with Crippen molar-refractivity contribution in [2.45, 2.75) is 44.4 Å². The molecule has 1 aliphatic carbocycles. The molecule has 3 rings (SSSR count).